The van der Waals surface area contributed by atoms with Crippen LogP contribution in [0.15, 0.2) is 0 Å². The van der Waals surface area contributed by atoms with E-state index in [2.05, 4.69) is 36.3 Å². The van der Waals surface area contributed by atoms with Gasteiger partial charge in [0.15, 0.2) is 0 Å². The Hall–Kier alpha value is -0.610. The van der Waals surface area contributed by atoms with E-state index in [4.69, 9.17) is 0 Å². The molecule has 2 N–H and O–H groups in total. The molecule has 18 heavy (non-hydrogen) atoms. The highest BCUT2D eigenvalue weighted by molar-refractivity contribution is 5.75. The fraction of sp³-hybridized carbons (Fsp3) is 0.929. The molecule has 0 spiro atoms. The summed E-state index contributed by atoms with van der Waals surface area (Å²) < 4.78 is 0. The number of rotatable bonds is 8. The van der Waals surface area contributed by atoms with Crippen molar-refractivity contribution in [2.45, 2.75) is 46.1 Å². The van der Waals surface area contributed by atoms with Crippen LogP contribution in [0.5, 0.6) is 0 Å². The van der Waals surface area contributed by atoms with Crippen LogP contribution in [0, 0.1) is 5.92 Å². The third kappa shape index (κ3) is 6.36. The largest absolute Gasteiger partial charge is 0.356 e. The zero-order valence-electron chi connectivity index (χ0n) is 12.2. The first-order valence-electron chi connectivity index (χ1n) is 7.34. The van der Waals surface area contributed by atoms with Gasteiger partial charge in [-0.1, -0.05) is 20.8 Å². The van der Waals surface area contributed by atoms with Crippen LogP contribution in [-0.4, -0.2) is 49.6 Å². The van der Waals surface area contributed by atoms with Crippen molar-refractivity contribution in [3.63, 3.8) is 0 Å². The molecule has 4 nitrogen and oxygen atoms in total. The highest BCUT2D eigenvalue weighted by Crippen LogP contribution is 2.14. The third-order valence-corrected chi connectivity index (χ3v) is 3.54. The standard InChI is InChI=1S/C14H29N3O/c1-4-17-9-7-13(11-17)10-16-14(18)6-5-8-15-12(2)3/h12-13,15H,4-11H2,1-3H3,(H,16,18). The van der Waals surface area contributed by atoms with Crippen LogP contribution in [0.3, 0.4) is 0 Å². The summed E-state index contributed by atoms with van der Waals surface area (Å²) in [6, 6.07) is 0.506. The van der Waals surface area contributed by atoms with Crippen LogP contribution in [0.4, 0.5) is 0 Å². The highest BCUT2D eigenvalue weighted by atomic mass is 16.1. The van der Waals surface area contributed by atoms with Gasteiger partial charge in [0.25, 0.3) is 0 Å². The Balaban J connectivity index is 2.00. The minimum absolute atomic E-state index is 0.204. The Bertz CT molecular complexity index is 243. The number of hydrogen-bond donors (Lipinski definition) is 2. The molecule has 1 aliphatic rings. The van der Waals surface area contributed by atoms with Crippen molar-refractivity contribution in [3.05, 3.63) is 0 Å². The molecular formula is C14H29N3O. The maximum atomic E-state index is 11.6. The van der Waals surface area contributed by atoms with E-state index in [1.165, 1.54) is 13.0 Å². The van der Waals surface area contributed by atoms with Crippen molar-refractivity contribution >= 4 is 5.91 Å². The van der Waals surface area contributed by atoms with Gasteiger partial charge < -0.3 is 15.5 Å². The Kier molecular flexibility index (Phi) is 7.28. The zero-order chi connectivity index (χ0) is 13.4. The summed E-state index contributed by atoms with van der Waals surface area (Å²) in [4.78, 5) is 14.1. The smallest absolute Gasteiger partial charge is 0.220 e. The molecule has 0 aromatic rings. The fourth-order valence-corrected chi connectivity index (χ4v) is 2.35. The molecule has 1 aliphatic heterocycles. The van der Waals surface area contributed by atoms with Gasteiger partial charge in [0.2, 0.25) is 5.91 Å². The summed E-state index contributed by atoms with van der Waals surface area (Å²) in [5.41, 5.74) is 0. The molecule has 1 heterocycles. The molecule has 106 valence electrons. The van der Waals surface area contributed by atoms with Gasteiger partial charge in [0, 0.05) is 25.6 Å². The normalized spacial score (nSPS) is 20.6. The Morgan fingerprint density at radius 2 is 2.22 bits per heavy atom. The van der Waals surface area contributed by atoms with Crippen LogP contribution in [-0.2, 0) is 4.79 Å². The molecule has 1 fully saturated rings. The summed E-state index contributed by atoms with van der Waals surface area (Å²) in [5.74, 6) is 0.859. The van der Waals surface area contributed by atoms with Crippen molar-refractivity contribution in [1.82, 2.24) is 15.5 Å². The second kappa shape index (κ2) is 8.48. The minimum Gasteiger partial charge on any atom is -0.356 e. The van der Waals surface area contributed by atoms with Crippen molar-refractivity contribution in [1.29, 1.82) is 0 Å². The predicted molar refractivity (Wildman–Crippen MR) is 75.6 cm³/mol. The monoisotopic (exact) mass is 255 g/mol. The van der Waals surface area contributed by atoms with E-state index in [-0.39, 0.29) is 5.91 Å². The molecule has 1 amide bonds. The summed E-state index contributed by atoms with van der Waals surface area (Å²) in [6.07, 6.45) is 2.79. The van der Waals surface area contributed by atoms with Gasteiger partial charge in [0.1, 0.15) is 0 Å². The van der Waals surface area contributed by atoms with Crippen molar-refractivity contribution < 1.29 is 4.79 Å². The summed E-state index contributed by atoms with van der Waals surface area (Å²) in [5, 5.41) is 6.39. The van der Waals surface area contributed by atoms with Gasteiger partial charge in [-0.3, -0.25) is 4.79 Å². The van der Waals surface area contributed by atoms with Crippen molar-refractivity contribution in [2.75, 3.05) is 32.7 Å². The van der Waals surface area contributed by atoms with Gasteiger partial charge in [0.05, 0.1) is 0 Å². The number of nitrogens with zero attached hydrogens (tertiary/aromatic N) is 1. The number of amides is 1. The van der Waals surface area contributed by atoms with Crippen LogP contribution < -0.4 is 10.6 Å². The Morgan fingerprint density at radius 3 is 2.83 bits per heavy atom. The Morgan fingerprint density at radius 1 is 1.44 bits per heavy atom. The first-order valence-corrected chi connectivity index (χ1v) is 7.34. The van der Waals surface area contributed by atoms with E-state index in [0.29, 0.717) is 18.4 Å². The summed E-state index contributed by atoms with van der Waals surface area (Å²) in [7, 11) is 0. The molecule has 0 aromatic carbocycles. The van der Waals surface area contributed by atoms with Crippen molar-refractivity contribution in [3.8, 4) is 0 Å². The lowest BCUT2D eigenvalue weighted by Gasteiger charge is -2.14. The lowest BCUT2D eigenvalue weighted by atomic mass is 10.1. The van der Waals surface area contributed by atoms with Crippen LogP contribution >= 0.6 is 0 Å². The number of likely N-dealkylation sites (tertiary alicyclic amines) is 1. The van der Waals surface area contributed by atoms with Crippen LogP contribution in [0.25, 0.3) is 0 Å². The maximum Gasteiger partial charge on any atom is 0.220 e. The first kappa shape index (κ1) is 15.4. The second-order valence-electron chi connectivity index (χ2n) is 5.56. The molecule has 1 rings (SSSR count). The molecule has 1 atom stereocenters. The third-order valence-electron chi connectivity index (χ3n) is 3.54. The zero-order valence-corrected chi connectivity index (χ0v) is 12.2. The van der Waals surface area contributed by atoms with E-state index in [1.54, 1.807) is 0 Å². The van der Waals surface area contributed by atoms with Gasteiger partial charge >= 0.3 is 0 Å². The van der Waals surface area contributed by atoms with E-state index < -0.39 is 0 Å². The molecular weight excluding hydrogens is 226 g/mol. The molecule has 1 unspecified atom stereocenters. The van der Waals surface area contributed by atoms with Crippen LogP contribution in [0.2, 0.25) is 0 Å². The molecule has 0 aromatic heterocycles. The SMILES string of the molecule is CCN1CCC(CNC(=O)CCCNC(C)C)C1. The Labute approximate surface area is 111 Å². The van der Waals surface area contributed by atoms with Gasteiger partial charge in [-0.2, -0.15) is 0 Å². The molecule has 0 saturated carbocycles. The van der Waals surface area contributed by atoms with Gasteiger partial charge in [-0.05, 0) is 38.4 Å². The van der Waals surface area contributed by atoms with Gasteiger partial charge in [-0.15, -0.1) is 0 Å². The number of carbonyl (C=O) groups excluding carboxylic acids is 1. The van der Waals surface area contributed by atoms with Crippen LogP contribution in [0.1, 0.15) is 40.0 Å². The highest BCUT2D eigenvalue weighted by Gasteiger charge is 2.21. The fourth-order valence-electron chi connectivity index (χ4n) is 2.35. The molecule has 0 aliphatic carbocycles. The predicted octanol–water partition coefficient (Wildman–Crippen LogP) is 1.22. The number of carbonyl (C=O) groups is 1. The number of hydrogen-bond acceptors (Lipinski definition) is 3. The quantitative estimate of drug-likeness (QED) is 0.641. The molecule has 4 heteroatoms. The summed E-state index contributed by atoms with van der Waals surface area (Å²) >= 11 is 0. The summed E-state index contributed by atoms with van der Waals surface area (Å²) in [6.45, 7) is 11.7. The average molecular weight is 255 g/mol. The molecule has 0 radical (unpaired) electrons. The minimum atomic E-state index is 0.204. The van der Waals surface area contributed by atoms with Crippen molar-refractivity contribution in [2.24, 2.45) is 5.92 Å². The first-order chi connectivity index (χ1) is 8.61. The van der Waals surface area contributed by atoms with E-state index in [0.717, 1.165) is 32.6 Å². The molecule has 1 saturated heterocycles. The van der Waals surface area contributed by atoms with E-state index >= 15 is 0 Å². The van der Waals surface area contributed by atoms with E-state index in [1.807, 2.05) is 0 Å². The van der Waals surface area contributed by atoms with E-state index in [9.17, 15) is 4.79 Å². The maximum absolute atomic E-state index is 11.6. The molecule has 0 bridgehead atoms. The van der Waals surface area contributed by atoms with Gasteiger partial charge in [-0.25, -0.2) is 0 Å². The lowest BCUT2D eigenvalue weighted by molar-refractivity contribution is -0.121. The average Bonchev–Trinajstić information content (AvgIpc) is 2.80. The second-order valence-corrected chi connectivity index (χ2v) is 5.56. The topological polar surface area (TPSA) is 44.4 Å². The number of nitrogens with one attached hydrogen (secondary N) is 2. The lowest BCUT2D eigenvalue weighted by Crippen LogP contribution is -2.31.